The van der Waals surface area contributed by atoms with Crippen molar-refractivity contribution in [1.29, 1.82) is 0 Å². The van der Waals surface area contributed by atoms with E-state index in [1.807, 2.05) is 0 Å². The van der Waals surface area contributed by atoms with Crippen molar-refractivity contribution in [2.75, 3.05) is 0 Å². The summed E-state index contributed by atoms with van der Waals surface area (Å²) in [5.41, 5.74) is 3.14. The minimum absolute atomic E-state index is 0.255. The lowest BCUT2D eigenvalue weighted by Crippen LogP contribution is -2.12. The molecule has 0 aromatic heterocycles. The van der Waals surface area contributed by atoms with Gasteiger partial charge in [0.25, 0.3) is 0 Å². The fourth-order valence-corrected chi connectivity index (χ4v) is 2.07. The van der Waals surface area contributed by atoms with Gasteiger partial charge in [-0.05, 0) is 57.2 Å². The summed E-state index contributed by atoms with van der Waals surface area (Å²) in [5.74, 6) is 0.616. The molecule has 0 fully saturated rings. The number of hydrogen-bond acceptors (Lipinski definition) is 0. The number of hydrogen-bond donors (Lipinski definition) is 0. The molecular formula is C13H19I. The standard InChI is InChI=1S/C13H19I/c1-9(2)10-6-11(13(3,4)5)8-12(14)7-10/h6-9H,1-5H3. The molecule has 0 bridgehead atoms. The van der Waals surface area contributed by atoms with Crippen LogP contribution in [0.2, 0.25) is 0 Å². The Balaban J connectivity index is 3.21. The second-order valence-corrected chi connectivity index (χ2v) is 6.42. The molecule has 1 aromatic carbocycles. The van der Waals surface area contributed by atoms with Crippen LogP contribution in [-0.2, 0) is 5.41 Å². The fourth-order valence-electron chi connectivity index (χ4n) is 1.38. The predicted molar refractivity (Wildman–Crippen MR) is 71.9 cm³/mol. The van der Waals surface area contributed by atoms with Crippen molar-refractivity contribution in [2.24, 2.45) is 0 Å². The monoisotopic (exact) mass is 302 g/mol. The van der Waals surface area contributed by atoms with E-state index < -0.39 is 0 Å². The smallest absolute Gasteiger partial charge is 0.0136 e. The van der Waals surface area contributed by atoms with Gasteiger partial charge in [-0.25, -0.2) is 0 Å². The Morgan fingerprint density at radius 1 is 1.07 bits per heavy atom. The van der Waals surface area contributed by atoms with Crippen LogP contribution in [0.4, 0.5) is 0 Å². The highest BCUT2D eigenvalue weighted by atomic mass is 127. The molecule has 0 N–H and O–H groups in total. The Hall–Kier alpha value is -0.0500. The summed E-state index contributed by atoms with van der Waals surface area (Å²) >= 11 is 2.40. The SMILES string of the molecule is CC(C)c1cc(I)cc(C(C)(C)C)c1. The maximum absolute atomic E-state index is 2.40. The molecule has 0 nitrogen and oxygen atoms in total. The van der Waals surface area contributed by atoms with Crippen molar-refractivity contribution in [1.82, 2.24) is 0 Å². The van der Waals surface area contributed by atoms with Gasteiger partial charge in [-0.2, -0.15) is 0 Å². The van der Waals surface area contributed by atoms with Crippen molar-refractivity contribution < 1.29 is 0 Å². The van der Waals surface area contributed by atoms with Crippen LogP contribution in [-0.4, -0.2) is 0 Å². The molecule has 0 amide bonds. The Morgan fingerprint density at radius 2 is 1.64 bits per heavy atom. The van der Waals surface area contributed by atoms with Gasteiger partial charge in [0.2, 0.25) is 0 Å². The molecule has 14 heavy (non-hydrogen) atoms. The van der Waals surface area contributed by atoms with Crippen molar-refractivity contribution in [3.8, 4) is 0 Å². The summed E-state index contributed by atoms with van der Waals surface area (Å²) < 4.78 is 1.35. The number of halogens is 1. The molecule has 0 atom stereocenters. The first-order valence-electron chi connectivity index (χ1n) is 5.11. The minimum atomic E-state index is 0.255. The lowest BCUT2D eigenvalue weighted by molar-refractivity contribution is 0.588. The van der Waals surface area contributed by atoms with Crippen LogP contribution < -0.4 is 0 Å². The van der Waals surface area contributed by atoms with Gasteiger partial charge in [0.1, 0.15) is 0 Å². The minimum Gasteiger partial charge on any atom is -0.0587 e. The van der Waals surface area contributed by atoms with E-state index in [1.54, 1.807) is 0 Å². The van der Waals surface area contributed by atoms with Gasteiger partial charge in [-0.15, -0.1) is 0 Å². The van der Waals surface area contributed by atoms with Gasteiger partial charge < -0.3 is 0 Å². The Morgan fingerprint density at radius 3 is 2.07 bits per heavy atom. The van der Waals surface area contributed by atoms with E-state index in [1.165, 1.54) is 14.7 Å². The zero-order valence-electron chi connectivity index (χ0n) is 9.69. The normalized spacial score (nSPS) is 12.2. The fraction of sp³-hybridized carbons (Fsp3) is 0.538. The molecule has 0 aliphatic rings. The van der Waals surface area contributed by atoms with E-state index in [4.69, 9.17) is 0 Å². The van der Waals surface area contributed by atoms with E-state index >= 15 is 0 Å². The van der Waals surface area contributed by atoms with Crippen LogP contribution in [0.5, 0.6) is 0 Å². The van der Waals surface area contributed by atoms with E-state index in [0.29, 0.717) is 5.92 Å². The summed E-state index contributed by atoms with van der Waals surface area (Å²) in [6.45, 7) is 11.3. The third-order valence-corrected chi connectivity index (χ3v) is 3.08. The van der Waals surface area contributed by atoms with E-state index in [2.05, 4.69) is 75.4 Å². The van der Waals surface area contributed by atoms with Crippen molar-refractivity contribution in [3.63, 3.8) is 0 Å². The van der Waals surface area contributed by atoms with Crippen LogP contribution >= 0.6 is 22.6 Å². The average Bonchev–Trinajstić information content (AvgIpc) is 2.01. The second-order valence-electron chi connectivity index (χ2n) is 5.18. The lowest BCUT2D eigenvalue weighted by atomic mass is 9.85. The molecule has 0 spiro atoms. The van der Waals surface area contributed by atoms with Crippen LogP contribution in [0, 0.1) is 3.57 Å². The van der Waals surface area contributed by atoms with Crippen molar-refractivity contribution >= 4 is 22.6 Å². The molecule has 0 heterocycles. The summed E-state index contributed by atoms with van der Waals surface area (Å²) in [4.78, 5) is 0. The molecular weight excluding hydrogens is 283 g/mol. The van der Waals surface area contributed by atoms with Gasteiger partial charge in [-0.1, -0.05) is 40.7 Å². The third-order valence-electron chi connectivity index (χ3n) is 2.45. The maximum atomic E-state index is 2.40. The third kappa shape index (κ3) is 2.97. The highest BCUT2D eigenvalue weighted by Crippen LogP contribution is 2.27. The number of rotatable bonds is 1. The second kappa shape index (κ2) is 4.21. The molecule has 1 rings (SSSR count). The van der Waals surface area contributed by atoms with E-state index in [9.17, 15) is 0 Å². The zero-order valence-corrected chi connectivity index (χ0v) is 11.8. The van der Waals surface area contributed by atoms with Gasteiger partial charge >= 0.3 is 0 Å². The van der Waals surface area contributed by atoms with Gasteiger partial charge in [0, 0.05) is 3.57 Å². The summed E-state index contributed by atoms with van der Waals surface area (Å²) in [6.07, 6.45) is 0. The molecule has 78 valence electrons. The lowest BCUT2D eigenvalue weighted by Gasteiger charge is -2.21. The Kier molecular flexibility index (Phi) is 3.62. The summed E-state index contributed by atoms with van der Waals surface area (Å²) in [6, 6.07) is 6.90. The maximum Gasteiger partial charge on any atom is 0.0136 e. The first kappa shape index (κ1) is 12.0. The molecule has 0 unspecified atom stereocenters. The largest absolute Gasteiger partial charge is 0.0587 e. The molecule has 0 aliphatic heterocycles. The Bertz CT molecular complexity index is 318. The van der Waals surface area contributed by atoms with Crippen LogP contribution in [0.1, 0.15) is 51.7 Å². The topological polar surface area (TPSA) is 0 Å². The van der Waals surface area contributed by atoms with Crippen LogP contribution in [0.25, 0.3) is 0 Å². The first-order valence-corrected chi connectivity index (χ1v) is 6.19. The Labute approximate surface area is 101 Å². The predicted octanol–water partition coefficient (Wildman–Crippen LogP) is 4.71. The number of benzene rings is 1. The molecule has 0 saturated heterocycles. The average molecular weight is 302 g/mol. The van der Waals surface area contributed by atoms with E-state index in [0.717, 1.165) is 0 Å². The van der Waals surface area contributed by atoms with Crippen LogP contribution in [0.15, 0.2) is 18.2 Å². The molecule has 0 aliphatic carbocycles. The highest BCUT2D eigenvalue weighted by molar-refractivity contribution is 14.1. The van der Waals surface area contributed by atoms with Gasteiger partial charge in [0.05, 0.1) is 0 Å². The molecule has 0 radical (unpaired) electrons. The molecule has 1 aromatic rings. The van der Waals surface area contributed by atoms with Crippen molar-refractivity contribution in [2.45, 2.75) is 46.0 Å². The quantitative estimate of drug-likeness (QED) is 0.659. The van der Waals surface area contributed by atoms with Crippen LogP contribution in [0.3, 0.4) is 0 Å². The summed E-state index contributed by atoms with van der Waals surface area (Å²) in [7, 11) is 0. The molecule has 1 heteroatoms. The molecule has 0 saturated carbocycles. The van der Waals surface area contributed by atoms with Gasteiger partial charge in [0.15, 0.2) is 0 Å². The van der Waals surface area contributed by atoms with E-state index in [-0.39, 0.29) is 5.41 Å². The highest BCUT2D eigenvalue weighted by Gasteiger charge is 2.15. The first-order chi connectivity index (χ1) is 6.30. The van der Waals surface area contributed by atoms with Gasteiger partial charge in [-0.3, -0.25) is 0 Å². The zero-order chi connectivity index (χ0) is 10.9. The summed E-state index contributed by atoms with van der Waals surface area (Å²) in [5, 5.41) is 0. The van der Waals surface area contributed by atoms with Crippen molar-refractivity contribution in [3.05, 3.63) is 32.9 Å².